The van der Waals surface area contributed by atoms with Crippen molar-refractivity contribution in [2.24, 2.45) is 0 Å². The minimum Gasteiger partial charge on any atom is -0.467 e. The number of benzene rings is 2. The van der Waals surface area contributed by atoms with Crippen molar-refractivity contribution in [1.82, 2.24) is 0 Å². The van der Waals surface area contributed by atoms with E-state index in [0.29, 0.717) is 0 Å². The molecule has 0 aromatic heterocycles. The monoisotopic (exact) mass is 278 g/mol. The standard InChI is InChI=1S/C19H18O2/c1-4-12-20-14-21-19-7-5-6-18(13-19)16(3)17-10-8-15(2)9-11-17/h1,5-11,13H,3,12,14H2,2H3. The van der Waals surface area contributed by atoms with E-state index in [-0.39, 0.29) is 13.4 Å². The lowest BCUT2D eigenvalue weighted by molar-refractivity contribution is 0.0333. The number of aryl methyl sites for hydroxylation is 1. The molecule has 0 atom stereocenters. The van der Waals surface area contributed by atoms with Gasteiger partial charge in [0.25, 0.3) is 0 Å². The van der Waals surface area contributed by atoms with Gasteiger partial charge in [-0.15, -0.1) is 6.42 Å². The molecule has 0 saturated carbocycles. The number of terminal acetylenes is 1. The predicted octanol–water partition coefficient (Wildman–Crippen LogP) is 4.04. The van der Waals surface area contributed by atoms with Gasteiger partial charge in [0.15, 0.2) is 6.79 Å². The smallest absolute Gasteiger partial charge is 0.190 e. The van der Waals surface area contributed by atoms with E-state index in [4.69, 9.17) is 15.9 Å². The SMILES string of the molecule is C#CCOCOc1cccc(C(=C)c2ccc(C)cc2)c1. The van der Waals surface area contributed by atoms with Gasteiger partial charge >= 0.3 is 0 Å². The molecule has 0 fully saturated rings. The van der Waals surface area contributed by atoms with Gasteiger partial charge in [0.05, 0.1) is 0 Å². The van der Waals surface area contributed by atoms with E-state index < -0.39 is 0 Å². The van der Waals surface area contributed by atoms with Crippen LogP contribution in [0.4, 0.5) is 0 Å². The molecule has 106 valence electrons. The summed E-state index contributed by atoms with van der Waals surface area (Å²) in [5.74, 6) is 3.13. The van der Waals surface area contributed by atoms with Crippen molar-refractivity contribution in [3.8, 4) is 18.1 Å². The quantitative estimate of drug-likeness (QED) is 0.451. The molecule has 0 saturated heterocycles. The van der Waals surface area contributed by atoms with Gasteiger partial charge in [-0.3, -0.25) is 0 Å². The first-order valence-electron chi connectivity index (χ1n) is 6.71. The first-order valence-corrected chi connectivity index (χ1v) is 6.71. The maximum Gasteiger partial charge on any atom is 0.190 e. The molecule has 0 aliphatic rings. The average molecular weight is 278 g/mol. The largest absolute Gasteiger partial charge is 0.467 e. The maximum atomic E-state index is 5.49. The Morgan fingerprint density at radius 1 is 1.14 bits per heavy atom. The Kier molecular flexibility index (Phi) is 5.20. The molecule has 2 aromatic carbocycles. The molecule has 0 bridgehead atoms. The molecule has 0 unspecified atom stereocenters. The van der Waals surface area contributed by atoms with Crippen molar-refractivity contribution in [1.29, 1.82) is 0 Å². The average Bonchev–Trinajstić information content (AvgIpc) is 2.52. The van der Waals surface area contributed by atoms with Gasteiger partial charge in [-0.05, 0) is 35.8 Å². The van der Waals surface area contributed by atoms with Crippen molar-refractivity contribution < 1.29 is 9.47 Å². The Labute approximate surface area is 126 Å². The van der Waals surface area contributed by atoms with Crippen LogP contribution in [0.3, 0.4) is 0 Å². The molecular formula is C19H18O2. The molecule has 0 N–H and O–H groups in total. The van der Waals surface area contributed by atoms with E-state index >= 15 is 0 Å². The Morgan fingerprint density at radius 2 is 1.90 bits per heavy atom. The van der Waals surface area contributed by atoms with Gasteiger partial charge in [0.2, 0.25) is 0 Å². The van der Waals surface area contributed by atoms with Crippen LogP contribution in [0.1, 0.15) is 16.7 Å². The Bertz CT molecular complexity index is 648. The zero-order chi connectivity index (χ0) is 15.1. The summed E-state index contributed by atoms with van der Waals surface area (Å²) >= 11 is 0. The summed E-state index contributed by atoms with van der Waals surface area (Å²) in [6.07, 6.45) is 5.10. The van der Waals surface area contributed by atoms with Gasteiger partial charge in [-0.25, -0.2) is 0 Å². The topological polar surface area (TPSA) is 18.5 Å². The summed E-state index contributed by atoms with van der Waals surface area (Å²) < 4.78 is 10.6. The van der Waals surface area contributed by atoms with E-state index in [9.17, 15) is 0 Å². The lowest BCUT2D eigenvalue weighted by atomic mass is 9.99. The van der Waals surface area contributed by atoms with Crippen LogP contribution in [0.15, 0.2) is 55.1 Å². The van der Waals surface area contributed by atoms with Crippen molar-refractivity contribution in [3.63, 3.8) is 0 Å². The molecule has 21 heavy (non-hydrogen) atoms. The fourth-order valence-electron chi connectivity index (χ4n) is 1.91. The van der Waals surface area contributed by atoms with Gasteiger partial charge in [0.1, 0.15) is 12.4 Å². The second kappa shape index (κ2) is 7.33. The minimum atomic E-state index is 0.144. The van der Waals surface area contributed by atoms with Crippen LogP contribution in [0.25, 0.3) is 5.57 Å². The van der Waals surface area contributed by atoms with E-state index in [1.54, 1.807) is 0 Å². The van der Waals surface area contributed by atoms with Crippen molar-refractivity contribution in [2.75, 3.05) is 13.4 Å². The molecular weight excluding hydrogens is 260 g/mol. The molecule has 0 amide bonds. The van der Waals surface area contributed by atoms with Crippen LogP contribution in [0.2, 0.25) is 0 Å². The van der Waals surface area contributed by atoms with Crippen molar-refractivity contribution in [2.45, 2.75) is 6.92 Å². The van der Waals surface area contributed by atoms with Crippen molar-refractivity contribution in [3.05, 3.63) is 71.8 Å². The van der Waals surface area contributed by atoms with Crippen LogP contribution in [0.5, 0.6) is 5.75 Å². The van der Waals surface area contributed by atoms with Crippen molar-refractivity contribution >= 4 is 5.57 Å². The van der Waals surface area contributed by atoms with Gasteiger partial charge in [-0.1, -0.05) is 54.5 Å². The Morgan fingerprint density at radius 3 is 2.62 bits per heavy atom. The predicted molar refractivity (Wildman–Crippen MR) is 86.0 cm³/mol. The van der Waals surface area contributed by atoms with E-state index in [1.165, 1.54) is 5.56 Å². The second-order valence-electron chi connectivity index (χ2n) is 4.69. The highest BCUT2D eigenvalue weighted by Gasteiger charge is 2.04. The number of hydrogen-bond donors (Lipinski definition) is 0. The Hall–Kier alpha value is -2.50. The zero-order valence-corrected chi connectivity index (χ0v) is 12.1. The summed E-state index contributed by atoms with van der Waals surface area (Å²) in [6, 6.07) is 16.1. The van der Waals surface area contributed by atoms with Crippen LogP contribution in [0, 0.1) is 19.3 Å². The normalized spacial score (nSPS) is 9.90. The third-order valence-corrected chi connectivity index (χ3v) is 3.08. The van der Waals surface area contributed by atoms with Gasteiger partial charge in [0, 0.05) is 0 Å². The number of hydrogen-bond acceptors (Lipinski definition) is 2. The third kappa shape index (κ3) is 4.24. The molecule has 2 aromatic rings. The molecule has 2 heteroatoms. The highest BCUT2D eigenvalue weighted by atomic mass is 16.7. The molecule has 0 spiro atoms. The fraction of sp³-hybridized carbons (Fsp3) is 0.158. The molecule has 2 rings (SSSR count). The van der Waals surface area contributed by atoms with E-state index in [0.717, 1.165) is 22.4 Å². The fourth-order valence-corrected chi connectivity index (χ4v) is 1.91. The summed E-state index contributed by atoms with van der Waals surface area (Å²) in [4.78, 5) is 0. The lowest BCUT2D eigenvalue weighted by Crippen LogP contribution is -2.03. The van der Waals surface area contributed by atoms with E-state index in [1.807, 2.05) is 24.3 Å². The molecule has 0 radical (unpaired) electrons. The highest BCUT2D eigenvalue weighted by molar-refractivity contribution is 5.78. The molecule has 2 nitrogen and oxygen atoms in total. The highest BCUT2D eigenvalue weighted by Crippen LogP contribution is 2.25. The summed E-state index contributed by atoms with van der Waals surface area (Å²) in [7, 11) is 0. The van der Waals surface area contributed by atoms with E-state index in [2.05, 4.69) is 43.7 Å². The van der Waals surface area contributed by atoms with Crippen LogP contribution in [-0.4, -0.2) is 13.4 Å². The summed E-state index contributed by atoms with van der Waals surface area (Å²) in [5.41, 5.74) is 4.31. The second-order valence-corrected chi connectivity index (χ2v) is 4.69. The summed E-state index contributed by atoms with van der Waals surface area (Å²) in [6.45, 7) is 6.62. The zero-order valence-electron chi connectivity index (χ0n) is 12.1. The maximum absolute atomic E-state index is 5.49. The van der Waals surface area contributed by atoms with Gasteiger partial charge < -0.3 is 9.47 Å². The third-order valence-electron chi connectivity index (χ3n) is 3.08. The molecule has 0 aliphatic carbocycles. The molecule has 0 heterocycles. The summed E-state index contributed by atoms with van der Waals surface area (Å²) in [5, 5.41) is 0. The first-order chi connectivity index (χ1) is 10.2. The van der Waals surface area contributed by atoms with Crippen LogP contribution < -0.4 is 4.74 Å². The number of rotatable bonds is 6. The number of ether oxygens (including phenoxy) is 2. The van der Waals surface area contributed by atoms with Crippen LogP contribution in [-0.2, 0) is 4.74 Å². The minimum absolute atomic E-state index is 0.144. The molecule has 0 aliphatic heterocycles. The lowest BCUT2D eigenvalue weighted by Gasteiger charge is -2.10. The Balaban J connectivity index is 2.08. The van der Waals surface area contributed by atoms with Crippen LogP contribution >= 0.6 is 0 Å². The van der Waals surface area contributed by atoms with Gasteiger partial charge in [-0.2, -0.15) is 0 Å². The first kappa shape index (κ1) is 14.9.